The average molecular weight is 354 g/mol. The molecule has 3 heteroatoms. The Morgan fingerprint density at radius 1 is 0.889 bits per heavy atom. The average Bonchev–Trinajstić information content (AvgIpc) is 3.05. The number of imidazole rings is 1. The number of benzene rings is 3. The second kappa shape index (κ2) is 7.58. The molecule has 0 radical (unpaired) electrons. The molecular weight excluding hydrogens is 332 g/mol. The van der Waals surface area contributed by atoms with Gasteiger partial charge in [-0.15, -0.1) is 0 Å². The molecule has 0 spiro atoms. The number of fused-ring (bicyclic) bond motifs is 1. The lowest BCUT2D eigenvalue weighted by atomic mass is 10.0. The predicted octanol–water partition coefficient (Wildman–Crippen LogP) is 5.27. The highest BCUT2D eigenvalue weighted by atomic mass is 16.1. The van der Waals surface area contributed by atoms with Crippen molar-refractivity contribution in [2.24, 2.45) is 0 Å². The van der Waals surface area contributed by atoms with Crippen molar-refractivity contribution in [2.45, 2.75) is 26.3 Å². The third kappa shape index (κ3) is 3.54. The second-order valence-corrected chi connectivity index (χ2v) is 6.75. The highest BCUT2D eigenvalue weighted by molar-refractivity contribution is 6.10. The molecule has 0 amide bonds. The van der Waals surface area contributed by atoms with Gasteiger partial charge in [0, 0.05) is 24.1 Å². The Kier molecular flexibility index (Phi) is 4.84. The van der Waals surface area contributed by atoms with E-state index in [9.17, 15) is 4.79 Å². The summed E-state index contributed by atoms with van der Waals surface area (Å²) in [4.78, 5) is 17.7. The Balaban J connectivity index is 1.79. The van der Waals surface area contributed by atoms with Crippen molar-refractivity contribution in [3.8, 4) is 0 Å². The Labute approximate surface area is 159 Å². The van der Waals surface area contributed by atoms with Crippen LogP contribution in [0.3, 0.4) is 0 Å². The first-order valence-electron chi connectivity index (χ1n) is 9.39. The molecule has 0 aliphatic carbocycles. The number of aryl methyl sites for hydroxylation is 1. The number of rotatable bonds is 6. The summed E-state index contributed by atoms with van der Waals surface area (Å²) >= 11 is 0. The van der Waals surface area contributed by atoms with Crippen LogP contribution in [-0.2, 0) is 13.0 Å². The van der Waals surface area contributed by atoms with Crippen LogP contribution < -0.4 is 0 Å². The molecule has 3 aromatic carbocycles. The molecule has 0 fully saturated rings. The Morgan fingerprint density at radius 2 is 1.59 bits per heavy atom. The summed E-state index contributed by atoms with van der Waals surface area (Å²) in [5, 5.41) is 0. The van der Waals surface area contributed by atoms with Gasteiger partial charge in [0.2, 0.25) is 0 Å². The maximum atomic E-state index is 12.9. The molecule has 0 N–H and O–H groups in total. The second-order valence-electron chi connectivity index (χ2n) is 6.75. The van der Waals surface area contributed by atoms with Gasteiger partial charge >= 0.3 is 0 Å². The van der Waals surface area contributed by atoms with Gasteiger partial charge in [-0.05, 0) is 30.2 Å². The van der Waals surface area contributed by atoms with E-state index in [2.05, 4.69) is 35.8 Å². The SMILES string of the molecule is CCCc1nc2ccc(C(=O)c3ccccc3)cc2n1Cc1ccccc1. The molecule has 0 bridgehead atoms. The minimum Gasteiger partial charge on any atom is -0.323 e. The van der Waals surface area contributed by atoms with E-state index in [1.807, 2.05) is 54.6 Å². The van der Waals surface area contributed by atoms with E-state index < -0.39 is 0 Å². The molecule has 0 atom stereocenters. The van der Waals surface area contributed by atoms with Crippen LogP contribution in [0.15, 0.2) is 78.9 Å². The highest BCUT2D eigenvalue weighted by Gasteiger charge is 2.14. The van der Waals surface area contributed by atoms with E-state index in [-0.39, 0.29) is 5.78 Å². The van der Waals surface area contributed by atoms with Crippen molar-refractivity contribution < 1.29 is 4.79 Å². The molecule has 3 nitrogen and oxygen atoms in total. The zero-order chi connectivity index (χ0) is 18.6. The molecule has 0 unspecified atom stereocenters. The molecule has 134 valence electrons. The topological polar surface area (TPSA) is 34.9 Å². The lowest BCUT2D eigenvalue weighted by Crippen LogP contribution is -2.06. The summed E-state index contributed by atoms with van der Waals surface area (Å²) in [6.07, 6.45) is 1.96. The third-order valence-corrected chi connectivity index (χ3v) is 4.78. The predicted molar refractivity (Wildman–Crippen MR) is 109 cm³/mol. The van der Waals surface area contributed by atoms with Gasteiger partial charge in [0.1, 0.15) is 5.82 Å². The van der Waals surface area contributed by atoms with Crippen LogP contribution in [0.2, 0.25) is 0 Å². The van der Waals surface area contributed by atoms with Crippen LogP contribution in [0, 0.1) is 0 Å². The highest BCUT2D eigenvalue weighted by Crippen LogP contribution is 2.22. The van der Waals surface area contributed by atoms with E-state index in [1.165, 1.54) is 5.56 Å². The maximum absolute atomic E-state index is 12.9. The number of nitrogens with zero attached hydrogens (tertiary/aromatic N) is 2. The zero-order valence-corrected chi connectivity index (χ0v) is 15.4. The van der Waals surface area contributed by atoms with Crippen LogP contribution in [0.1, 0.15) is 40.7 Å². The van der Waals surface area contributed by atoms with Crippen LogP contribution >= 0.6 is 0 Å². The van der Waals surface area contributed by atoms with E-state index >= 15 is 0 Å². The smallest absolute Gasteiger partial charge is 0.193 e. The summed E-state index contributed by atoms with van der Waals surface area (Å²) < 4.78 is 2.25. The van der Waals surface area contributed by atoms with Crippen molar-refractivity contribution in [2.75, 3.05) is 0 Å². The largest absolute Gasteiger partial charge is 0.323 e. The normalized spacial score (nSPS) is 11.0. The van der Waals surface area contributed by atoms with Crippen molar-refractivity contribution in [1.29, 1.82) is 0 Å². The van der Waals surface area contributed by atoms with E-state index in [0.29, 0.717) is 11.1 Å². The van der Waals surface area contributed by atoms with E-state index in [1.54, 1.807) is 0 Å². The fraction of sp³-hybridized carbons (Fsp3) is 0.167. The van der Waals surface area contributed by atoms with Gasteiger partial charge in [-0.25, -0.2) is 4.98 Å². The van der Waals surface area contributed by atoms with Gasteiger partial charge in [0.05, 0.1) is 11.0 Å². The minimum atomic E-state index is 0.0435. The van der Waals surface area contributed by atoms with Crippen molar-refractivity contribution in [3.05, 3.63) is 101 Å². The van der Waals surface area contributed by atoms with E-state index in [4.69, 9.17) is 4.98 Å². The van der Waals surface area contributed by atoms with Gasteiger partial charge in [0.15, 0.2) is 5.78 Å². The molecule has 0 aliphatic rings. The zero-order valence-electron chi connectivity index (χ0n) is 15.4. The molecule has 0 saturated heterocycles. The van der Waals surface area contributed by atoms with Crippen LogP contribution in [0.25, 0.3) is 11.0 Å². The molecule has 1 aromatic heterocycles. The summed E-state index contributed by atoms with van der Waals surface area (Å²) in [6, 6.07) is 25.6. The van der Waals surface area contributed by atoms with Crippen LogP contribution in [0.4, 0.5) is 0 Å². The molecule has 27 heavy (non-hydrogen) atoms. The fourth-order valence-electron chi connectivity index (χ4n) is 3.43. The first-order chi connectivity index (χ1) is 13.3. The van der Waals surface area contributed by atoms with Crippen LogP contribution in [-0.4, -0.2) is 15.3 Å². The lowest BCUT2D eigenvalue weighted by Gasteiger charge is -2.10. The molecule has 0 aliphatic heterocycles. The number of ketones is 1. The van der Waals surface area contributed by atoms with Crippen LogP contribution in [0.5, 0.6) is 0 Å². The molecular formula is C24H22N2O. The fourth-order valence-corrected chi connectivity index (χ4v) is 3.43. The van der Waals surface area contributed by atoms with E-state index in [0.717, 1.165) is 36.2 Å². The van der Waals surface area contributed by atoms with Crippen molar-refractivity contribution in [3.63, 3.8) is 0 Å². The molecule has 0 saturated carbocycles. The van der Waals surface area contributed by atoms with Gasteiger partial charge in [-0.2, -0.15) is 0 Å². The number of aromatic nitrogens is 2. The van der Waals surface area contributed by atoms with Gasteiger partial charge in [-0.1, -0.05) is 67.6 Å². The number of hydrogen-bond donors (Lipinski definition) is 0. The van der Waals surface area contributed by atoms with Crippen molar-refractivity contribution in [1.82, 2.24) is 9.55 Å². The van der Waals surface area contributed by atoms with Gasteiger partial charge in [0.25, 0.3) is 0 Å². The first kappa shape index (κ1) is 17.2. The minimum absolute atomic E-state index is 0.0435. The summed E-state index contributed by atoms with van der Waals surface area (Å²) in [6.45, 7) is 2.92. The Bertz CT molecular complexity index is 1070. The number of carbonyl (C=O) groups is 1. The Morgan fingerprint density at radius 3 is 2.30 bits per heavy atom. The monoisotopic (exact) mass is 354 g/mol. The van der Waals surface area contributed by atoms with Gasteiger partial charge < -0.3 is 4.57 Å². The standard InChI is InChI=1S/C24H22N2O/c1-2-9-23-25-21-15-14-20(24(27)19-12-7-4-8-13-19)16-22(21)26(23)17-18-10-5-3-6-11-18/h3-8,10-16H,2,9,17H2,1H3. The van der Waals surface area contributed by atoms with Crippen molar-refractivity contribution >= 4 is 16.8 Å². The summed E-state index contributed by atoms with van der Waals surface area (Å²) in [5.74, 6) is 1.11. The number of carbonyl (C=O) groups excluding carboxylic acids is 1. The quantitative estimate of drug-likeness (QED) is 0.442. The third-order valence-electron chi connectivity index (χ3n) is 4.78. The molecule has 4 rings (SSSR count). The summed E-state index contributed by atoms with van der Waals surface area (Å²) in [5.41, 5.74) is 4.60. The first-order valence-corrected chi connectivity index (χ1v) is 9.39. The molecule has 1 heterocycles. The Hall–Kier alpha value is -3.20. The summed E-state index contributed by atoms with van der Waals surface area (Å²) in [7, 11) is 0. The molecule has 4 aromatic rings. The maximum Gasteiger partial charge on any atom is 0.193 e. The lowest BCUT2D eigenvalue weighted by molar-refractivity contribution is 0.103. The number of hydrogen-bond acceptors (Lipinski definition) is 2. The van der Waals surface area contributed by atoms with Gasteiger partial charge in [-0.3, -0.25) is 4.79 Å².